The van der Waals surface area contributed by atoms with Gasteiger partial charge in [-0.1, -0.05) is 13.0 Å². The van der Waals surface area contributed by atoms with Gasteiger partial charge in [-0.2, -0.15) is 5.26 Å². The number of hydrogen-bond donors (Lipinski definition) is 3. The molecule has 1 aromatic heterocycles. The summed E-state index contributed by atoms with van der Waals surface area (Å²) in [7, 11) is 1.63. The van der Waals surface area contributed by atoms with Crippen LogP contribution in [0.1, 0.15) is 20.8 Å². The fourth-order valence-electron chi connectivity index (χ4n) is 3.25. The number of anilines is 2. The predicted octanol–water partition coefficient (Wildman–Crippen LogP) is 0.497. The Bertz CT molecular complexity index is 1240. The lowest BCUT2D eigenvalue weighted by Crippen LogP contribution is -2.35. The van der Waals surface area contributed by atoms with Crippen LogP contribution in [-0.4, -0.2) is 61.2 Å². The van der Waals surface area contributed by atoms with Crippen molar-refractivity contribution in [3.8, 4) is 6.07 Å². The van der Waals surface area contributed by atoms with Gasteiger partial charge in [-0.05, 0) is 38.6 Å². The first-order valence-electron chi connectivity index (χ1n) is 11.4. The van der Waals surface area contributed by atoms with E-state index < -0.39 is 5.91 Å². The van der Waals surface area contributed by atoms with Gasteiger partial charge in [0.15, 0.2) is 5.57 Å². The third kappa shape index (κ3) is 7.78. The molecule has 0 unspecified atom stereocenters. The van der Waals surface area contributed by atoms with Crippen molar-refractivity contribution >= 4 is 46.3 Å². The van der Waals surface area contributed by atoms with E-state index in [9.17, 15) is 19.6 Å². The monoisotopic (exact) mass is 500 g/mol. The molecule has 0 aliphatic heterocycles. The number of methoxy groups -OCH3 is 1. The Morgan fingerprint density at radius 3 is 2.63 bits per heavy atom. The summed E-state index contributed by atoms with van der Waals surface area (Å²) in [6.07, 6.45) is 1.54. The smallest absolute Gasteiger partial charge is 0.270 e. The minimum atomic E-state index is -0.509. The number of carbonyl (C=O) groups excluding carboxylic acids is 2. The number of aromatic nitrogens is 1. The molecule has 1 aromatic carbocycles. The zero-order chi connectivity index (χ0) is 25.8. The highest BCUT2D eigenvalue weighted by molar-refractivity contribution is 7.07. The number of nitrogens with one attached hydrogen (secondary N) is 3. The maximum atomic E-state index is 12.8. The van der Waals surface area contributed by atoms with Crippen LogP contribution in [0, 0.1) is 11.3 Å². The molecule has 0 radical (unpaired) electrons. The van der Waals surface area contributed by atoms with E-state index in [0.717, 1.165) is 17.9 Å². The summed E-state index contributed by atoms with van der Waals surface area (Å²) in [5.74, 6) is -0.645. The second kappa shape index (κ2) is 14.1. The molecule has 0 saturated heterocycles. The van der Waals surface area contributed by atoms with Gasteiger partial charge in [-0.15, -0.1) is 11.3 Å². The molecule has 2 amide bonds. The van der Waals surface area contributed by atoms with Gasteiger partial charge in [-0.25, -0.2) is 0 Å². The van der Waals surface area contributed by atoms with Crippen molar-refractivity contribution in [3.63, 3.8) is 0 Å². The fourth-order valence-corrected chi connectivity index (χ4v) is 4.33. The molecular formula is C24H32N6O4S. The Balaban J connectivity index is 2.25. The molecule has 188 valence electrons. The summed E-state index contributed by atoms with van der Waals surface area (Å²) in [5, 5.41) is 18.0. The quantitative estimate of drug-likeness (QED) is 0.387. The Morgan fingerprint density at radius 1 is 1.26 bits per heavy atom. The lowest BCUT2D eigenvalue weighted by atomic mass is 10.2. The molecule has 1 heterocycles. The molecule has 0 bridgehead atoms. The Hall–Kier alpha value is -3.46. The van der Waals surface area contributed by atoms with Crippen LogP contribution < -0.4 is 30.7 Å². The maximum absolute atomic E-state index is 12.8. The van der Waals surface area contributed by atoms with Crippen molar-refractivity contribution in [2.75, 3.05) is 50.5 Å². The zero-order valence-electron chi connectivity index (χ0n) is 20.5. The van der Waals surface area contributed by atoms with Crippen molar-refractivity contribution in [2.24, 2.45) is 0 Å². The number of ether oxygens (including phenoxy) is 1. The topological polar surface area (TPSA) is 128 Å². The number of rotatable bonds is 12. The zero-order valence-corrected chi connectivity index (χ0v) is 21.3. The van der Waals surface area contributed by atoms with Crippen molar-refractivity contribution in [3.05, 3.63) is 43.8 Å². The first-order chi connectivity index (χ1) is 16.9. The van der Waals surface area contributed by atoms with Gasteiger partial charge in [0, 0.05) is 44.3 Å². The molecule has 0 spiro atoms. The number of hydrogen-bond acceptors (Lipinski definition) is 8. The van der Waals surface area contributed by atoms with Gasteiger partial charge in [-0.3, -0.25) is 23.9 Å². The van der Waals surface area contributed by atoms with E-state index in [1.807, 2.05) is 17.9 Å². The lowest BCUT2D eigenvalue weighted by molar-refractivity contribution is -0.117. The van der Waals surface area contributed by atoms with Crippen molar-refractivity contribution < 1.29 is 14.3 Å². The minimum absolute atomic E-state index is 0.0909. The molecule has 35 heavy (non-hydrogen) atoms. The van der Waals surface area contributed by atoms with Crippen LogP contribution >= 0.6 is 11.3 Å². The number of benzene rings is 1. The van der Waals surface area contributed by atoms with E-state index >= 15 is 0 Å². The average Bonchev–Trinajstić information content (AvgIpc) is 3.16. The number of amides is 2. The molecular weight excluding hydrogens is 468 g/mol. The highest BCUT2D eigenvalue weighted by Crippen LogP contribution is 2.15. The van der Waals surface area contributed by atoms with Gasteiger partial charge in [0.25, 0.3) is 11.5 Å². The molecule has 0 fully saturated rings. The van der Waals surface area contributed by atoms with E-state index in [1.54, 1.807) is 51.4 Å². The van der Waals surface area contributed by atoms with Gasteiger partial charge < -0.3 is 20.7 Å². The van der Waals surface area contributed by atoms with Gasteiger partial charge in [0.05, 0.1) is 13.2 Å². The van der Waals surface area contributed by atoms with Crippen LogP contribution in [0.5, 0.6) is 0 Å². The van der Waals surface area contributed by atoms with Crippen LogP contribution in [0.15, 0.2) is 29.1 Å². The fraction of sp³-hybridized carbons (Fsp3) is 0.417. The summed E-state index contributed by atoms with van der Waals surface area (Å²) >= 11 is 1.07. The lowest BCUT2D eigenvalue weighted by Gasteiger charge is -2.19. The van der Waals surface area contributed by atoms with E-state index in [4.69, 9.17) is 4.74 Å². The van der Waals surface area contributed by atoms with Crippen molar-refractivity contribution in [1.82, 2.24) is 14.8 Å². The maximum Gasteiger partial charge on any atom is 0.270 e. The highest BCUT2D eigenvalue weighted by Gasteiger charge is 2.14. The molecule has 11 heteroatoms. The number of thiazole rings is 1. The molecule has 10 nitrogen and oxygen atoms in total. The Labute approximate surface area is 208 Å². The molecule has 2 rings (SSSR count). The second-order valence-corrected chi connectivity index (χ2v) is 8.48. The largest absolute Gasteiger partial charge is 0.383 e. The van der Waals surface area contributed by atoms with Gasteiger partial charge in [0.1, 0.15) is 15.3 Å². The number of carbonyl (C=O) groups is 2. The molecule has 0 atom stereocenters. The van der Waals surface area contributed by atoms with Crippen molar-refractivity contribution in [2.45, 2.75) is 27.3 Å². The predicted molar refractivity (Wildman–Crippen MR) is 138 cm³/mol. The first kappa shape index (κ1) is 27.8. The van der Waals surface area contributed by atoms with Gasteiger partial charge >= 0.3 is 0 Å². The van der Waals surface area contributed by atoms with Crippen LogP contribution in [0.2, 0.25) is 0 Å². The molecule has 0 aliphatic carbocycles. The summed E-state index contributed by atoms with van der Waals surface area (Å²) < 4.78 is 7.15. The van der Waals surface area contributed by atoms with E-state index in [2.05, 4.69) is 16.0 Å². The number of nitrogens with zero attached hydrogens (tertiary/aromatic N) is 3. The van der Waals surface area contributed by atoms with Crippen molar-refractivity contribution in [1.29, 1.82) is 5.26 Å². The van der Waals surface area contributed by atoms with Crippen LogP contribution in [0.25, 0.3) is 11.8 Å². The first-order valence-corrected chi connectivity index (χ1v) is 12.2. The summed E-state index contributed by atoms with van der Waals surface area (Å²) in [6.45, 7) is 8.43. The molecule has 2 aromatic rings. The second-order valence-electron chi connectivity index (χ2n) is 7.45. The molecule has 0 aliphatic rings. The Morgan fingerprint density at radius 2 is 2.00 bits per heavy atom. The molecule has 3 N–H and O–H groups in total. The third-order valence-corrected chi connectivity index (χ3v) is 6.19. The number of likely N-dealkylation sites (N-methyl/N-ethyl adjacent to an activating group) is 1. The van der Waals surface area contributed by atoms with E-state index in [0.29, 0.717) is 46.8 Å². The molecule has 0 saturated carbocycles. The summed E-state index contributed by atoms with van der Waals surface area (Å²) in [4.78, 5) is 39.5. The van der Waals surface area contributed by atoms with Gasteiger partial charge in [0.2, 0.25) is 5.91 Å². The number of nitriles is 1. The van der Waals surface area contributed by atoms with E-state index in [-0.39, 0.29) is 23.6 Å². The summed E-state index contributed by atoms with van der Waals surface area (Å²) in [6, 6.07) is 9.04. The minimum Gasteiger partial charge on any atom is -0.383 e. The standard InChI is InChI=1S/C24H32N6O4S/c1-5-26-22(32)19(14-25)24-30(7-3)23(33)20(35-24)15-27-17-9-8-10-18(13-17)28-21(31)16-29(6-2)11-12-34-4/h8-10,13,15,27H,5-7,11-12,16H2,1-4H3,(H,26,32)(H,28,31)/b20-15+,24-19-. The average molecular weight is 501 g/mol. The highest BCUT2D eigenvalue weighted by atomic mass is 32.1. The Kier molecular flexibility index (Phi) is 11.2. The van der Waals surface area contributed by atoms with Crippen LogP contribution in [0.4, 0.5) is 11.4 Å². The van der Waals surface area contributed by atoms with E-state index in [1.165, 1.54) is 4.57 Å². The van der Waals surface area contributed by atoms with Crippen LogP contribution in [-0.2, 0) is 20.9 Å². The summed E-state index contributed by atoms with van der Waals surface area (Å²) in [5.41, 5.74) is 0.898. The normalized spacial score (nSPS) is 12.3. The SMILES string of the molecule is CCNC(=O)/C(C#N)=c1\s/c(=C/Nc2cccc(NC(=O)CN(CC)CCOC)c2)c(=O)n1CC. The van der Waals surface area contributed by atoms with Crippen LogP contribution in [0.3, 0.4) is 0 Å². The third-order valence-electron chi connectivity index (χ3n) is 5.06.